The molecule has 1 unspecified atom stereocenters. The minimum Gasteiger partial charge on any atom is -0.382 e. The molecule has 0 radical (unpaired) electrons. The van der Waals surface area contributed by atoms with Crippen molar-refractivity contribution in [2.45, 2.75) is 39.1 Å². The number of rotatable bonds is 6. The number of para-hydroxylation sites is 1. The molecule has 0 fully saturated rings. The lowest BCUT2D eigenvalue weighted by atomic mass is 10.2. The second kappa shape index (κ2) is 6.40. The first-order chi connectivity index (χ1) is 9.15. The molecule has 2 aromatic rings. The maximum atomic E-state index is 6.26. The molecule has 0 bridgehead atoms. The largest absolute Gasteiger partial charge is 0.382 e. The Morgan fingerprint density at radius 1 is 1.42 bits per heavy atom. The van der Waals surface area contributed by atoms with Gasteiger partial charge in [-0.05, 0) is 38.8 Å². The van der Waals surface area contributed by atoms with Crippen molar-refractivity contribution >= 4 is 22.6 Å². The fraction of sp³-hybridized carbons (Fsp3) is 0.533. The van der Waals surface area contributed by atoms with Gasteiger partial charge in [-0.15, -0.1) is 11.6 Å². The summed E-state index contributed by atoms with van der Waals surface area (Å²) in [6.07, 6.45) is 0.976. The van der Waals surface area contributed by atoms with E-state index in [4.69, 9.17) is 16.3 Å². The Bertz CT molecular complexity index is 548. The molecule has 1 heterocycles. The van der Waals surface area contributed by atoms with Crippen LogP contribution in [0.15, 0.2) is 18.2 Å². The van der Waals surface area contributed by atoms with Crippen LogP contribution in [0, 0.1) is 6.92 Å². The van der Waals surface area contributed by atoms with Crippen LogP contribution in [0.3, 0.4) is 0 Å². The molecule has 0 aliphatic rings. The van der Waals surface area contributed by atoms with Gasteiger partial charge in [-0.1, -0.05) is 12.1 Å². The van der Waals surface area contributed by atoms with Crippen molar-refractivity contribution in [3.05, 3.63) is 29.6 Å². The van der Waals surface area contributed by atoms with Gasteiger partial charge in [-0.2, -0.15) is 0 Å². The topological polar surface area (TPSA) is 27.1 Å². The third kappa shape index (κ3) is 3.10. The first-order valence-corrected chi connectivity index (χ1v) is 7.26. The van der Waals surface area contributed by atoms with Crippen LogP contribution in [-0.2, 0) is 11.3 Å². The van der Waals surface area contributed by atoms with Crippen LogP contribution >= 0.6 is 11.6 Å². The molecule has 4 heteroatoms. The number of imidazole rings is 1. The summed E-state index contributed by atoms with van der Waals surface area (Å²) in [6, 6.07) is 6.20. The van der Waals surface area contributed by atoms with Crippen LogP contribution in [0.2, 0.25) is 0 Å². The Morgan fingerprint density at radius 3 is 2.89 bits per heavy atom. The molecule has 0 N–H and O–H groups in total. The minimum atomic E-state index is -0.0844. The molecule has 2 rings (SSSR count). The highest BCUT2D eigenvalue weighted by Gasteiger charge is 2.15. The van der Waals surface area contributed by atoms with Gasteiger partial charge in [-0.25, -0.2) is 4.98 Å². The highest BCUT2D eigenvalue weighted by atomic mass is 35.5. The Hall–Kier alpha value is -1.06. The number of aryl methyl sites for hydroxylation is 2. The first kappa shape index (κ1) is 14.4. The smallest absolute Gasteiger partial charge is 0.127 e. The summed E-state index contributed by atoms with van der Waals surface area (Å²) in [4.78, 5) is 4.66. The number of fused-ring (bicyclic) bond motifs is 1. The molecule has 0 aliphatic carbocycles. The van der Waals surface area contributed by atoms with E-state index < -0.39 is 0 Å². The molecule has 104 valence electrons. The van der Waals surface area contributed by atoms with Gasteiger partial charge < -0.3 is 9.30 Å². The molecule has 1 aromatic carbocycles. The minimum absolute atomic E-state index is 0.0844. The summed E-state index contributed by atoms with van der Waals surface area (Å²) in [5.41, 5.74) is 3.46. The molecule has 0 spiro atoms. The van der Waals surface area contributed by atoms with Gasteiger partial charge in [0.25, 0.3) is 0 Å². The number of aromatic nitrogens is 2. The maximum Gasteiger partial charge on any atom is 0.127 e. The van der Waals surface area contributed by atoms with Gasteiger partial charge in [0, 0.05) is 19.8 Å². The van der Waals surface area contributed by atoms with Crippen molar-refractivity contribution < 1.29 is 4.74 Å². The van der Waals surface area contributed by atoms with Crippen molar-refractivity contribution in [2.75, 3.05) is 13.2 Å². The first-order valence-electron chi connectivity index (χ1n) is 6.82. The van der Waals surface area contributed by atoms with Gasteiger partial charge in [0.2, 0.25) is 0 Å². The Labute approximate surface area is 119 Å². The molecule has 0 saturated heterocycles. The summed E-state index contributed by atoms with van der Waals surface area (Å²) in [7, 11) is 0. The molecule has 0 aliphatic heterocycles. The van der Waals surface area contributed by atoms with Crippen molar-refractivity contribution in [3.8, 4) is 0 Å². The van der Waals surface area contributed by atoms with Crippen molar-refractivity contribution in [3.63, 3.8) is 0 Å². The number of halogens is 1. The van der Waals surface area contributed by atoms with Crippen LogP contribution in [0.1, 0.15) is 37.0 Å². The molecule has 0 saturated carbocycles. The molecular weight excluding hydrogens is 260 g/mol. The SMILES string of the molecule is CCOCCCn1c(C(C)Cl)nc2cccc(C)c21. The lowest BCUT2D eigenvalue weighted by Gasteiger charge is -2.11. The predicted octanol–water partition coefficient (Wildman–Crippen LogP) is 4.07. The normalized spacial score (nSPS) is 13.1. The average molecular weight is 281 g/mol. The van der Waals surface area contributed by atoms with E-state index in [9.17, 15) is 0 Å². The molecule has 1 atom stereocenters. The maximum absolute atomic E-state index is 6.26. The van der Waals surface area contributed by atoms with E-state index in [2.05, 4.69) is 22.5 Å². The fourth-order valence-corrected chi connectivity index (χ4v) is 2.55. The number of hydrogen-bond donors (Lipinski definition) is 0. The van der Waals surface area contributed by atoms with Gasteiger partial charge in [0.1, 0.15) is 5.82 Å². The summed E-state index contributed by atoms with van der Waals surface area (Å²) in [6.45, 7) is 8.54. The van der Waals surface area contributed by atoms with E-state index in [1.54, 1.807) is 0 Å². The van der Waals surface area contributed by atoms with Crippen LogP contribution in [-0.4, -0.2) is 22.8 Å². The van der Waals surface area contributed by atoms with Gasteiger partial charge in [0.15, 0.2) is 0 Å². The second-order valence-corrected chi connectivity index (χ2v) is 5.39. The Balaban J connectivity index is 2.34. The van der Waals surface area contributed by atoms with Crippen LogP contribution in [0.4, 0.5) is 0 Å². The molecule has 1 aromatic heterocycles. The average Bonchev–Trinajstić information content (AvgIpc) is 2.75. The van der Waals surface area contributed by atoms with E-state index in [-0.39, 0.29) is 5.38 Å². The van der Waals surface area contributed by atoms with Crippen molar-refractivity contribution in [1.82, 2.24) is 9.55 Å². The lowest BCUT2D eigenvalue weighted by Crippen LogP contribution is -2.07. The van der Waals surface area contributed by atoms with E-state index in [1.165, 1.54) is 11.1 Å². The Kier molecular flexibility index (Phi) is 4.83. The van der Waals surface area contributed by atoms with E-state index in [0.29, 0.717) is 0 Å². The zero-order chi connectivity index (χ0) is 13.8. The van der Waals surface area contributed by atoms with Crippen LogP contribution < -0.4 is 0 Å². The number of benzene rings is 1. The zero-order valence-corrected chi connectivity index (χ0v) is 12.6. The van der Waals surface area contributed by atoms with Crippen LogP contribution in [0.25, 0.3) is 11.0 Å². The summed E-state index contributed by atoms with van der Waals surface area (Å²) in [5, 5.41) is -0.0844. The summed E-state index contributed by atoms with van der Waals surface area (Å²) in [5.74, 6) is 0.947. The molecular formula is C15H21ClN2O. The highest BCUT2D eigenvalue weighted by molar-refractivity contribution is 6.20. The van der Waals surface area contributed by atoms with Gasteiger partial charge in [-0.3, -0.25) is 0 Å². The number of alkyl halides is 1. The number of hydrogen-bond acceptors (Lipinski definition) is 2. The highest BCUT2D eigenvalue weighted by Crippen LogP contribution is 2.26. The zero-order valence-electron chi connectivity index (χ0n) is 11.8. The van der Waals surface area contributed by atoms with E-state index in [1.807, 2.05) is 26.0 Å². The summed E-state index contributed by atoms with van der Waals surface area (Å²) >= 11 is 6.26. The number of nitrogens with zero attached hydrogens (tertiary/aromatic N) is 2. The van der Waals surface area contributed by atoms with Crippen molar-refractivity contribution in [1.29, 1.82) is 0 Å². The third-order valence-corrected chi connectivity index (χ3v) is 3.42. The van der Waals surface area contributed by atoms with Crippen molar-refractivity contribution in [2.24, 2.45) is 0 Å². The second-order valence-electron chi connectivity index (χ2n) is 4.73. The van der Waals surface area contributed by atoms with Crippen LogP contribution in [0.5, 0.6) is 0 Å². The fourth-order valence-electron chi connectivity index (χ4n) is 2.38. The monoisotopic (exact) mass is 280 g/mol. The standard InChI is InChI=1S/C15H21ClN2O/c1-4-19-10-6-9-18-14-11(2)7-5-8-13(14)17-15(18)12(3)16/h5,7-8,12H,4,6,9-10H2,1-3H3. The van der Waals surface area contributed by atoms with E-state index >= 15 is 0 Å². The predicted molar refractivity (Wildman–Crippen MR) is 79.8 cm³/mol. The third-order valence-electron chi connectivity index (χ3n) is 3.23. The molecule has 0 amide bonds. The van der Waals surface area contributed by atoms with Gasteiger partial charge >= 0.3 is 0 Å². The Morgan fingerprint density at radius 2 is 2.21 bits per heavy atom. The lowest BCUT2D eigenvalue weighted by molar-refractivity contribution is 0.141. The molecule has 3 nitrogen and oxygen atoms in total. The number of ether oxygens (including phenoxy) is 1. The quantitative estimate of drug-likeness (QED) is 0.589. The summed E-state index contributed by atoms with van der Waals surface area (Å²) < 4.78 is 7.65. The van der Waals surface area contributed by atoms with Gasteiger partial charge in [0.05, 0.1) is 16.4 Å². The van der Waals surface area contributed by atoms with E-state index in [0.717, 1.165) is 37.5 Å². The molecule has 19 heavy (non-hydrogen) atoms.